The molecular weight excluding hydrogens is 414 g/mol. The van der Waals surface area contributed by atoms with Gasteiger partial charge in [-0.2, -0.15) is 5.26 Å². The number of hydrogen-bond acceptors (Lipinski definition) is 4. The Hall–Kier alpha value is -3.53. The minimum Gasteiger partial charge on any atom is -0.370 e. The van der Waals surface area contributed by atoms with Gasteiger partial charge in [0.1, 0.15) is 0 Å². The van der Waals surface area contributed by atoms with E-state index < -0.39 is 0 Å². The van der Waals surface area contributed by atoms with E-state index >= 15 is 0 Å². The number of carbonyl (C=O) groups is 2. The Morgan fingerprint density at radius 3 is 2.52 bits per heavy atom. The van der Waals surface area contributed by atoms with Gasteiger partial charge in [-0.05, 0) is 68.1 Å². The van der Waals surface area contributed by atoms with Gasteiger partial charge in [0.25, 0.3) is 0 Å². The first-order valence-corrected chi connectivity index (χ1v) is 11.7. The van der Waals surface area contributed by atoms with Gasteiger partial charge < -0.3 is 20.0 Å². The van der Waals surface area contributed by atoms with Crippen LogP contribution in [-0.4, -0.2) is 61.0 Å². The Bertz CT molecular complexity index is 1030. The maximum atomic E-state index is 13.3. The van der Waals surface area contributed by atoms with E-state index in [4.69, 9.17) is 5.26 Å². The molecule has 0 saturated carbocycles. The molecule has 3 amide bonds. The number of amides is 3. The highest BCUT2D eigenvalue weighted by atomic mass is 16.2. The first kappa shape index (κ1) is 22.7. The van der Waals surface area contributed by atoms with Crippen LogP contribution in [0.1, 0.15) is 30.4 Å². The van der Waals surface area contributed by atoms with E-state index in [0.29, 0.717) is 25.2 Å². The lowest BCUT2D eigenvalue weighted by atomic mass is 9.96. The summed E-state index contributed by atoms with van der Waals surface area (Å²) >= 11 is 0. The molecule has 2 fully saturated rings. The molecule has 0 radical (unpaired) electrons. The predicted molar refractivity (Wildman–Crippen MR) is 129 cm³/mol. The number of nitriles is 1. The Morgan fingerprint density at radius 2 is 1.76 bits per heavy atom. The number of likely N-dealkylation sites (tertiary alicyclic amines) is 1. The molecular formula is C26H31N5O2. The summed E-state index contributed by atoms with van der Waals surface area (Å²) < 4.78 is 0. The van der Waals surface area contributed by atoms with Crippen LogP contribution in [0.3, 0.4) is 0 Å². The van der Waals surface area contributed by atoms with Gasteiger partial charge in [0, 0.05) is 50.6 Å². The Morgan fingerprint density at radius 1 is 0.970 bits per heavy atom. The zero-order chi connectivity index (χ0) is 23.2. The highest BCUT2D eigenvalue weighted by Gasteiger charge is 2.32. The van der Waals surface area contributed by atoms with Crippen LogP contribution in [0.5, 0.6) is 0 Å². The van der Waals surface area contributed by atoms with E-state index in [9.17, 15) is 9.59 Å². The molecule has 2 aromatic rings. The molecule has 0 bridgehead atoms. The number of carbonyl (C=O) groups excluding carboxylic acids is 2. The van der Waals surface area contributed by atoms with Gasteiger partial charge in [0.15, 0.2) is 0 Å². The van der Waals surface area contributed by atoms with Crippen LogP contribution in [0.15, 0.2) is 48.5 Å². The van der Waals surface area contributed by atoms with Crippen LogP contribution in [0.2, 0.25) is 0 Å². The third-order valence-corrected chi connectivity index (χ3v) is 6.50. The second kappa shape index (κ2) is 10.4. The smallest absolute Gasteiger partial charge is 0.321 e. The minimum absolute atomic E-state index is 0.138. The Balaban J connectivity index is 1.33. The normalized spacial score (nSPS) is 18.9. The molecule has 0 aliphatic carbocycles. The summed E-state index contributed by atoms with van der Waals surface area (Å²) in [7, 11) is 0. The quantitative estimate of drug-likeness (QED) is 0.778. The van der Waals surface area contributed by atoms with E-state index in [1.54, 1.807) is 4.90 Å². The molecule has 172 valence electrons. The maximum absolute atomic E-state index is 13.3. The molecule has 1 unspecified atom stereocenters. The topological polar surface area (TPSA) is 79.7 Å². The maximum Gasteiger partial charge on any atom is 0.321 e. The molecule has 2 aliphatic heterocycles. The number of urea groups is 1. The lowest BCUT2D eigenvalue weighted by Gasteiger charge is -2.34. The van der Waals surface area contributed by atoms with Crippen molar-refractivity contribution in [2.45, 2.75) is 26.2 Å². The zero-order valence-corrected chi connectivity index (χ0v) is 19.2. The molecule has 7 heteroatoms. The van der Waals surface area contributed by atoms with Gasteiger partial charge in [0.05, 0.1) is 17.6 Å². The minimum atomic E-state index is -0.150. The average molecular weight is 446 g/mol. The fraction of sp³-hybridized carbons (Fsp3) is 0.423. The predicted octanol–water partition coefficient (Wildman–Crippen LogP) is 3.85. The van der Waals surface area contributed by atoms with E-state index in [1.807, 2.05) is 60.4 Å². The van der Waals surface area contributed by atoms with Crippen molar-refractivity contribution in [1.29, 1.82) is 5.26 Å². The number of aryl methyl sites for hydroxylation is 1. The van der Waals surface area contributed by atoms with Crippen molar-refractivity contribution in [2.75, 3.05) is 49.5 Å². The van der Waals surface area contributed by atoms with Crippen molar-refractivity contribution in [3.63, 3.8) is 0 Å². The third-order valence-electron chi connectivity index (χ3n) is 6.50. The van der Waals surface area contributed by atoms with Crippen molar-refractivity contribution in [2.24, 2.45) is 5.92 Å². The van der Waals surface area contributed by atoms with Crippen molar-refractivity contribution in [1.82, 2.24) is 9.80 Å². The number of rotatable bonds is 3. The van der Waals surface area contributed by atoms with Gasteiger partial charge in [-0.3, -0.25) is 4.79 Å². The SMILES string of the molecule is Cc1cccc(NC(=O)N2CCCC(C(=O)N3CCCN(c4ccc(C#N)cc4)CC3)C2)c1. The first-order valence-electron chi connectivity index (χ1n) is 11.7. The summed E-state index contributed by atoms with van der Waals surface area (Å²) in [5.41, 5.74) is 3.61. The van der Waals surface area contributed by atoms with Gasteiger partial charge >= 0.3 is 6.03 Å². The molecule has 7 nitrogen and oxygen atoms in total. The molecule has 33 heavy (non-hydrogen) atoms. The summed E-state index contributed by atoms with van der Waals surface area (Å²) in [6.45, 7) is 6.19. The summed E-state index contributed by atoms with van der Waals surface area (Å²) in [6.07, 6.45) is 2.56. The second-order valence-electron chi connectivity index (χ2n) is 8.91. The molecule has 2 aromatic carbocycles. The zero-order valence-electron chi connectivity index (χ0n) is 19.2. The Kier molecular flexibility index (Phi) is 7.13. The third kappa shape index (κ3) is 5.64. The Labute approximate surface area is 195 Å². The van der Waals surface area contributed by atoms with Crippen LogP contribution in [0.4, 0.5) is 16.2 Å². The lowest BCUT2D eigenvalue weighted by molar-refractivity contribution is -0.136. The first-order chi connectivity index (χ1) is 16.0. The van der Waals surface area contributed by atoms with Gasteiger partial charge in [-0.15, -0.1) is 0 Å². The molecule has 0 aromatic heterocycles. The summed E-state index contributed by atoms with van der Waals surface area (Å²) in [5, 5.41) is 12.0. The van der Waals surface area contributed by atoms with Crippen molar-refractivity contribution in [3.05, 3.63) is 59.7 Å². The molecule has 2 heterocycles. The van der Waals surface area contributed by atoms with Gasteiger partial charge in [-0.1, -0.05) is 12.1 Å². The molecule has 0 spiro atoms. The molecule has 1 N–H and O–H groups in total. The van der Waals surface area contributed by atoms with E-state index in [2.05, 4.69) is 16.3 Å². The van der Waals surface area contributed by atoms with Crippen molar-refractivity contribution >= 4 is 23.3 Å². The van der Waals surface area contributed by atoms with Crippen molar-refractivity contribution in [3.8, 4) is 6.07 Å². The van der Waals surface area contributed by atoms with Crippen LogP contribution in [0.25, 0.3) is 0 Å². The molecule has 2 aliphatic rings. The number of benzene rings is 2. The van der Waals surface area contributed by atoms with Crippen LogP contribution < -0.4 is 10.2 Å². The van der Waals surface area contributed by atoms with Crippen LogP contribution in [0, 0.1) is 24.2 Å². The van der Waals surface area contributed by atoms with E-state index in [0.717, 1.165) is 55.8 Å². The van der Waals surface area contributed by atoms with Gasteiger partial charge in [-0.25, -0.2) is 4.79 Å². The highest BCUT2D eigenvalue weighted by Crippen LogP contribution is 2.23. The van der Waals surface area contributed by atoms with E-state index in [1.165, 1.54) is 0 Å². The molecule has 4 rings (SSSR count). The lowest BCUT2D eigenvalue weighted by Crippen LogP contribution is -2.48. The van der Waals surface area contributed by atoms with Crippen LogP contribution >= 0.6 is 0 Å². The molecule has 1 atom stereocenters. The monoisotopic (exact) mass is 445 g/mol. The van der Waals surface area contributed by atoms with E-state index in [-0.39, 0.29) is 17.9 Å². The second-order valence-corrected chi connectivity index (χ2v) is 8.91. The summed E-state index contributed by atoms with van der Waals surface area (Å²) in [4.78, 5) is 32.1. The average Bonchev–Trinajstić information content (AvgIpc) is 3.10. The van der Waals surface area contributed by atoms with Gasteiger partial charge in [0.2, 0.25) is 5.91 Å². The molecule has 2 saturated heterocycles. The standard InChI is InChI=1S/C26H31N5O2/c1-20-5-2-7-23(17-20)28-26(33)31-12-3-6-22(19-31)25(32)30-14-4-13-29(15-16-30)24-10-8-21(18-27)9-11-24/h2,5,7-11,17,22H,3-4,6,12-16,19H2,1H3,(H,28,33). The number of anilines is 2. The largest absolute Gasteiger partial charge is 0.370 e. The number of hydrogen-bond donors (Lipinski definition) is 1. The highest BCUT2D eigenvalue weighted by molar-refractivity contribution is 5.90. The number of piperidine rings is 1. The summed E-state index contributed by atoms with van der Waals surface area (Å²) in [5.74, 6) is 0.00760. The fourth-order valence-electron chi connectivity index (χ4n) is 4.69. The summed E-state index contributed by atoms with van der Waals surface area (Å²) in [6, 6.07) is 17.4. The number of nitrogens with zero attached hydrogens (tertiary/aromatic N) is 4. The van der Waals surface area contributed by atoms with Crippen LogP contribution in [-0.2, 0) is 4.79 Å². The number of nitrogens with one attached hydrogen (secondary N) is 1. The fourth-order valence-corrected chi connectivity index (χ4v) is 4.69. The van der Waals surface area contributed by atoms with Crippen molar-refractivity contribution < 1.29 is 9.59 Å².